The van der Waals surface area contributed by atoms with Crippen molar-refractivity contribution in [2.75, 3.05) is 24.5 Å². The zero-order valence-corrected chi connectivity index (χ0v) is 25.3. The number of anilines is 1. The molecule has 11 heteroatoms. The minimum Gasteiger partial charge on any atom is -0.496 e. The molecular weight excluding hydrogens is 601 g/mol. The molecule has 1 atom stereocenters. The first-order valence-electron chi connectivity index (χ1n) is 12.7. The Balaban J connectivity index is 2.05. The number of ether oxygens (including phenoxy) is 1. The standard InChI is InChI=1S/C29H33BrFN3O5S/c1-5-16-32-29(36)21(3)33(18-22-8-6-7-9-26(22)31)28(35)19-34(23-12-10-20(2)11-13-23)40(37,38)24-14-15-27(39-4)25(30)17-24/h6-15,17,21H,5,16,18-19H2,1-4H3,(H,32,36)/t21-/m0/s1. The molecule has 0 spiro atoms. The average molecular weight is 635 g/mol. The number of nitrogens with zero attached hydrogens (tertiary/aromatic N) is 2. The summed E-state index contributed by atoms with van der Waals surface area (Å²) in [6.07, 6.45) is 0.691. The first-order valence-corrected chi connectivity index (χ1v) is 15.0. The van der Waals surface area contributed by atoms with Gasteiger partial charge in [0.25, 0.3) is 10.0 Å². The highest BCUT2D eigenvalue weighted by Gasteiger charge is 2.33. The van der Waals surface area contributed by atoms with Crippen LogP contribution in [0.25, 0.3) is 0 Å². The normalized spacial score (nSPS) is 11.9. The highest BCUT2D eigenvalue weighted by Crippen LogP contribution is 2.31. The van der Waals surface area contributed by atoms with Crippen molar-refractivity contribution in [2.45, 2.75) is 44.7 Å². The Labute approximate surface area is 243 Å². The van der Waals surface area contributed by atoms with Gasteiger partial charge in [-0.15, -0.1) is 0 Å². The van der Waals surface area contributed by atoms with Gasteiger partial charge in [0.05, 0.1) is 22.2 Å². The molecule has 0 aliphatic rings. The molecule has 0 unspecified atom stereocenters. The highest BCUT2D eigenvalue weighted by atomic mass is 79.9. The zero-order chi connectivity index (χ0) is 29.4. The van der Waals surface area contributed by atoms with Crippen LogP contribution in [0, 0.1) is 12.7 Å². The van der Waals surface area contributed by atoms with Crippen LogP contribution in [0.5, 0.6) is 5.75 Å². The molecule has 0 aromatic heterocycles. The smallest absolute Gasteiger partial charge is 0.264 e. The summed E-state index contributed by atoms with van der Waals surface area (Å²) in [5.74, 6) is -1.18. The van der Waals surface area contributed by atoms with Crippen LogP contribution in [-0.4, -0.2) is 51.4 Å². The summed E-state index contributed by atoms with van der Waals surface area (Å²) >= 11 is 3.33. The lowest BCUT2D eigenvalue weighted by atomic mass is 10.1. The Morgan fingerprint density at radius 2 is 1.75 bits per heavy atom. The second-order valence-corrected chi connectivity index (χ2v) is 11.9. The third-order valence-electron chi connectivity index (χ3n) is 6.33. The predicted molar refractivity (Wildman–Crippen MR) is 156 cm³/mol. The molecule has 2 amide bonds. The second-order valence-electron chi connectivity index (χ2n) is 9.22. The lowest BCUT2D eigenvalue weighted by molar-refractivity contribution is -0.139. The molecule has 214 valence electrons. The fourth-order valence-electron chi connectivity index (χ4n) is 3.96. The van der Waals surface area contributed by atoms with E-state index in [0.29, 0.717) is 23.2 Å². The third-order valence-corrected chi connectivity index (χ3v) is 8.72. The van der Waals surface area contributed by atoms with Crippen molar-refractivity contribution in [1.82, 2.24) is 10.2 Å². The minimum absolute atomic E-state index is 0.0667. The van der Waals surface area contributed by atoms with Crippen LogP contribution in [-0.2, 0) is 26.2 Å². The van der Waals surface area contributed by atoms with E-state index in [-0.39, 0.29) is 22.7 Å². The monoisotopic (exact) mass is 633 g/mol. The fourth-order valence-corrected chi connectivity index (χ4v) is 6.10. The van der Waals surface area contributed by atoms with E-state index in [9.17, 15) is 22.4 Å². The number of hydrogen-bond acceptors (Lipinski definition) is 5. The Kier molecular flexibility index (Phi) is 10.7. The first kappa shape index (κ1) is 31.1. The van der Waals surface area contributed by atoms with Crippen LogP contribution < -0.4 is 14.4 Å². The van der Waals surface area contributed by atoms with Gasteiger partial charge in [-0.2, -0.15) is 0 Å². The molecule has 1 N–H and O–H groups in total. The van der Waals surface area contributed by atoms with Gasteiger partial charge in [0.15, 0.2) is 0 Å². The number of methoxy groups -OCH3 is 1. The lowest BCUT2D eigenvalue weighted by Crippen LogP contribution is -2.51. The van der Waals surface area contributed by atoms with Crippen molar-refractivity contribution in [2.24, 2.45) is 0 Å². The zero-order valence-electron chi connectivity index (χ0n) is 22.9. The molecule has 8 nitrogen and oxygen atoms in total. The maximum absolute atomic E-state index is 14.6. The van der Waals surface area contributed by atoms with E-state index in [0.717, 1.165) is 9.87 Å². The topological polar surface area (TPSA) is 96.0 Å². The lowest BCUT2D eigenvalue weighted by Gasteiger charge is -2.32. The number of rotatable bonds is 12. The molecule has 0 heterocycles. The molecule has 0 saturated carbocycles. The number of amides is 2. The number of benzene rings is 3. The first-order chi connectivity index (χ1) is 19.0. The SMILES string of the molecule is CCCNC(=O)[C@H](C)N(Cc1ccccc1F)C(=O)CN(c1ccc(C)cc1)S(=O)(=O)c1ccc(OC)c(Br)c1. The van der Waals surface area contributed by atoms with Gasteiger partial charge in [0.2, 0.25) is 11.8 Å². The largest absolute Gasteiger partial charge is 0.496 e. The average Bonchev–Trinajstić information content (AvgIpc) is 2.94. The molecule has 0 aliphatic heterocycles. The summed E-state index contributed by atoms with van der Waals surface area (Å²) in [6, 6.07) is 16.0. The predicted octanol–water partition coefficient (Wildman–Crippen LogP) is 5.04. The van der Waals surface area contributed by atoms with Crippen molar-refractivity contribution in [3.05, 3.63) is 88.1 Å². The summed E-state index contributed by atoms with van der Waals surface area (Å²) in [7, 11) is -2.79. The van der Waals surface area contributed by atoms with Gasteiger partial charge < -0.3 is 15.0 Å². The van der Waals surface area contributed by atoms with Crippen LogP contribution in [0.2, 0.25) is 0 Å². The quantitative estimate of drug-likeness (QED) is 0.301. The maximum Gasteiger partial charge on any atom is 0.264 e. The Hall–Kier alpha value is -3.44. The van der Waals surface area contributed by atoms with Gasteiger partial charge >= 0.3 is 0 Å². The van der Waals surface area contributed by atoms with E-state index in [2.05, 4.69) is 21.2 Å². The van der Waals surface area contributed by atoms with E-state index in [1.807, 2.05) is 13.8 Å². The Morgan fingerprint density at radius 1 is 1.07 bits per heavy atom. The van der Waals surface area contributed by atoms with Gasteiger partial charge in [-0.25, -0.2) is 12.8 Å². The number of carbonyl (C=O) groups is 2. The van der Waals surface area contributed by atoms with Gasteiger partial charge in [-0.1, -0.05) is 42.8 Å². The number of hydrogen-bond donors (Lipinski definition) is 1. The van der Waals surface area contributed by atoms with Crippen LogP contribution in [0.1, 0.15) is 31.4 Å². The summed E-state index contributed by atoms with van der Waals surface area (Å²) in [6.45, 7) is 4.86. The van der Waals surface area contributed by atoms with Crippen LogP contribution in [0.3, 0.4) is 0 Å². The molecule has 0 saturated heterocycles. The highest BCUT2D eigenvalue weighted by molar-refractivity contribution is 9.10. The molecule has 3 rings (SSSR count). The molecule has 0 radical (unpaired) electrons. The number of halogens is 2. The summed E-state index contributed by atoms with van der Waals surface area (Å²) in [4.78, 5) is 27.9. The van der Waals surface area contributed by atoms with Crippen LogP contribution >= 0.6 is 15.9 Å². The van der Waals surface area contributed by atoms with E-state index < -0.39 is 40.2 Å². The Morgan fingerprint density at radius 3 is 2.35 bits per heavy atom. The molecular formula is C29H33BrFN3O5S. The molecule has 40 heavy (non-hydrogen) atoms. The molecule has 0 aliphatic carbocycles. The van der Waals surface area contributed by atoms with Crippen molar-refractivity contribution in [3.8, 4) is 5.75 Å². The Bertz CT molecular complexity index is 1450. The van der Waals surface area contributed by atoms with Crippen LogP contribution in [0.4, 0.5) is 10.1 Å². The van der Waals surface area contributed by atoms with Gasteiger partial charge in [0.1, 0.15) is 24.2 Å². The minimum atomic E-state index is -4.26. The van der Waals surface area contributed by atoms with Crippen molar-refractivity contribution >= 4 is 43.5 Å². The summed E-state index contributed by atoms with van der Waals surface area (Å²) in [5.41, 5.74) is 1.37. The van der Waals surface area contributed by atoms with Gasteiger partial charge in [0, 0.05) is 18.7 Å². The van der Waals surface area contributed by atoms with E-state index in [1.165, 1.54) is 55.3 Å². The van der Waals surface area contributed by atoms with E-state index in [4.69, 9.17) is 4.74 Å². The van der Waals surface area contributed by atoms with Crippen molar-refractivity contribution < 1.29 is 27.1 Å². The van der Waals surface area contributed by atoms with Crippen molar-refractivity contribution in [3.63, 3.8) is 0 Å². The number of aryl methyl sites for hydroxylation is 1. The fraction of sp³-hybridized carbons (Fsp3) is 0.310. The second kappa shape index (κ2) is 13.8. The summed E-state index contributed by atoms with van der Waals surface area (Å²) < 4.78 is 49.1. The molecule has 0 fully saturated rings. The van der Waals surface area contributed by atoms with Crippen molar-refractivity contribution in [1.29, 1.82) is 0 Å². The van der Waals surface area contributed by atoms with E-state index in [1.54, 1.807) is 30.3 Å². The molecule has 3 aromatic rings. The number of sulfonamides is 1. The van der Waals surface area contributed by atoms with Gasteiger partial charge in [-0.05, 0) is 72.6 Å². The molecule has 3 aromatic carbocycles. The molecule has 0 bridgehead atoms. The maximum atomic E-state index is 14.6. The third kappa shape index (κ3) is 7.39. The van der Waals surface area contributed by atoms with Gasteiger partial charge in [-0.3, -0.25) is 13.9 Å². The number of carbonyl (C=O) groups excluding carboxylic acids is 2. The number of nitrogens with one attached hydrogen (secondary N) is 1. The van der Waals surface area contributed by atoms with Crippen LogP contribution in [0.15, 0.2) is 76.1 Å². The summed E-state index contributed by atoms with van der Waals surface area (Å²) in [5, 5.41) is 2.76. The van der Waals surface area contributed by atoms with E-state index >= 15 is 0 Å².